The molecule has 5 nitrogen and oxygen atoms in total. The number of carbonyl (C=O) groups is 1. The second kappa shape index (κ2) is 6.82. The average Bonchev–Trinajstić information content (AvgIpc) is 2.95. The molecular formula is C14H16N2O3S2. The van der Waals surface area contributed by atoms with Gasteiger partial charge in [-0.15, -0.1) is 0 Å². The molecule has 0 aliphatic heterocycles. The van der Waals surface area contributed by atoms with E-state index in [-0.39, 0.29) is 15.9 Å². The van der Waals surface area contributed by atoms with E-state index < -0.39 is 9.84 Å². The normalized spacial score (nSPS) is 11.3. The largest absolute Gasteiger partial charge is 0.298 e. The second-order valence-electron chi connectivity index (χ2n) is 4.48. The van der Waals surface area contributed by atoms with E-state index in [1.165, 1.54) is 6.20 Å². The first-order chi connectivity index (χ1) is 10.0. The lowest BCUT2D eigenvalue weighted by atomic mass is 10.2. The van der Waals surface area contributed by atoms with E-state index >= 15 is 0 Å². The molecule has 1 heterocycles. The summed E-state index contributed by atoms with van der Waals surface area (Å²) in [6, 6.07) is 8.71. The van der Waals surface area contributed by atoms with Crippen LogP contribution in [0.5, 0.6) is 0 Å². The summed E-state index contributed by atoms with van der Waals surface area (Å²) in [5.41, 5.74) is 0.503. The van der Waals surface area contributed by atoms with Gasteiger partial charge in [-0.3, -0.25) is 10.1 Å². The molecule has 1 N–H and O–H groups in total. The van der Waals surface area contributed by atoms with Crippen LogP contribution in [-0.4, -0.2) is 25.1 Å². The van der Waals surface area contributed by atoms with Crippen molar-refractivity contribution < 1.29 is 13.2 Å². The van der Waals surface area contributed by atoms with Gasteiger partial charge in [-0.2, -0.15) is 0 Å². The number of aromatic nitrogens is 1. The van der Waals surface area contributed by atoms with E-state index in [9.17, 15) is 13.2 Å². The Labute approximate surface area is 128 Å². The number of carbonyl (C=O) groups excluding carboxylic acids is 1. The monoisotopic (exact) mass is 324 g/mol. The summed E-state index contributed by atoms with van der Waals surface area (Å²) in [6.07, 6.45) is 2.73. The van der Waals surface area contributed by atoms with Crippen LogP contribution < -0.4 is 5.32 Å². The van der Waals surface area contributed by atoms with Crippen molar-refractivity contribution in [2.75, 3.05) is 11.1 Å². The highest BCUT2D eigenvalue weighted by molar-refractivity contribution is 7.93. The van der Waals surface area contributed by atoms with Crippen LogP contribution in [0.2, 0.25) is 0 Å². The van der Waals surface area contributed by atoms with Crippen molar-refractivity contribution in [2.45, 2.75) is 24.0 Å². The molecule has 0 aliphatic rings. The van der Waals surface area contributed by atoms with Gasteiger partial charge in [0, 0.05) is 5.56 Å². The minimum Gasteiger partial charge on any atom is -0.298 e. The molecule has 0 unspecified atom stereocenters. The highest BCUT2D eigenvalue weighted by Crippen LogP contribution is 2.24. The summed E-state index contributed by atoms with van der Waals surface area (Å²) >= 11 is 0.982. The van der Waals surface area contributed by atoms with Crippen LogP contribution in [0.3, 0.4) is 0 Å². The third kappa shape index (κ3) is 4.12. The van der Waals surface area contributed by atoms with Gasteiger partial charge in [0.05, 0.1) is 11.9 Å². The van der Waals surface area contributed by atoms with E-state index in [0.717, 1.165) is 17.8 Å². The topological polar surface area (TPSA) is 76.1 Å². The van der Waals surface area contributed by atoms with E-state index in [1.807, 2.05) is 13.0 Å². The van der Waals surface area contributed by atoms with Crippen LogP contribution in [-0.2, 0) is 9.84 Å². The molecule has 0 saturated heterocycles. The Morgan fingerprint density at radius 3 is 2.67 bits per heavy atom. The molecule has 0 aliphatic carbocycles. The van der Waals surface area contributed by atoms with Crippen molar-refractivity contribution in [1.82, 2.24) is 4.98 Å². The quantitative estimate of drug-likeness (QED) is 0.886. The number of nitrogens with one attached hydrogen (secondary N) is 1. The minimum atomic E-state index is -3.30. The molecule has 0 spiro atoms. The summed E-state index contributed by atoms with van der Waals surface area (Å²) in [5, 5.41) is 2.90. The standard InChI is InChI=1S/C14H16N2O3S2/c1-2-3-9-21(18,19)12-10-15-14(20-12)16-13(17)11-7-5-4-6-8-11/h4-8,10H,2-3,9H2,1H3,(H,15,16,17). The number of nitrogens with zero attached hydrogens (tertiary/aromatic N) is 1. The molecule has 0 bridgehead atoms. The number of amides is 1. The first kappa shape index (κ1) is 15.7. The molecule has 0 saturated carbocycles. The predicted molar refractivity (Wildman–Crippen MR) is 83.5 cm³/mol. The number of unbranched alkanes of at least 4 members (excludes halogenated alkanes) is 1. The zero-order chi connectivity index (χ0) is 15.3. The number of hydrogen-bond donors (Lipinski definition) is 1. The Kier molecular flexibility index (Phi) is 5.08. The van der Waals surface area contributed by atoms with Gasteiger partial charge in [0.15, 0.2) is 15.0 Å². The van der Waals surface area contributed by atoms with Gasteiger partial charge in [-0.05, 0) is 18.6 Å². The second-order valence-corrected chi connectivity index (χ2v) is 7.84. The van der Waals surface area contributed by atoms with Gasteiger partial charge in [0.25, 0.3) is 5.91 Å². The van der Waals surface area contributed by atoms with Gasteiger partial charge < -0.3 is 0 Å². The highest BCUT2D eigenvalue weighted by atomic mass is 32.2. The molecule has 2 rings (SSSR count). The van der Waals surface area contributed by atoms with E-state index in [4.69, 9.17) is 0 Å². The predicted octanol–water partition coefficient (Wildman–Crippen LogP) is 2.97. The summed E-state index contributed by atoms with van der Waals surface area (Å²) in [7, 11) is -3.30. The fraction of sp³-hybridized carbons (Fsp3) is 0.286. The lowest BCUT2D eigenvalue weighted by molar-refractivity contribution is 0.102. The molecule has 1 amide bonds. The van der Waals surface area contributed by atoms with Crippen LogP contribution in [0.1, 0.15) is 30.1 Å². The number of hydrogen-bond acceptors (Lipinski definition) is 5. The van der Waals surface area contributed by atoms with Crippen LogP contribution in [0.25, 0.3) is 0 Å². The smallest absolute Gasteiger partial charge is 0.257 e. The fourth-order valence-electron chi connectivity index (χ4n) is 1.65. The molecule has 21 heavy (non-hydrogen) atoms. The molecule has 2 aromatic rings. The Bertz CT molecular complexity index is 709. The summed E-state index contributed by atoms with van der Waals surface area (Å²) in [4.78, 5) is 15.9. The van der Waals surface area contributed by atoms with Gasteiger partial charge in [0.2, 0.25) is 0 Å². The molecular weight excluding hydrogens is 308 g/mol. The first-order valence-corrected chi connectivity index (χ1v) is 9.05. The van der Waals surface area contributed by atoms with Crippen molar-refractivity contribution in [3.8, 4) is 0 Å². The molecule has 7 heteroatoms. The molecule has 1 aromatic carbocycles. The lowest BCUT2D eigenvalue weighted by Gasteiger charge is -2.01. The van der Waals surface area contributed by atoms with Gasteiger partial charge in [-0.1, -0.05) is 42.9 Å². The Balaban J connectivity index is 2.09. The zero-order valence-corrected chi connectivity index (χ0v) is 13.2. The van der Waals surface area contributed by atoms with Gasteiger partial charge in [0.1, 0.15) is 4.21 Å². The zero-order valence-electron chi connectivity index (χ0n) is 11.6. The van der Waals surface area contributed by atoms with E-state index in [2.05, 4.69) is 10.3 Å². The van der Waals surface area contributed by atoms with Crippen molar-refractivity contribution >= 4 is 32.2 Å². The lowest BCUT2D eigenvalue weighted by Crippen LogP contribution is -2.11. The summed E-state index contributed by atoms with van der Waals surface area (Å²) in [5.74, 6) is -0.194. The van der Waals surface area contributed by atoms with Crippen LogP contribution >= 0.6 is 11.3 Å². The minimum absolute atomic E-state index is 0.109. The maximum atomic E-state index is 12.0. The molecule has 0 atom stereocenters. The third-order valence-electron chi connectivity index (χ3n) is 2.81. The molecule has 1 aromatic heterocycles. The Morgan fingerprint density at radius 2 is 2.00 bits per heavy atom. The average molecular weight is 324 g/mol. The number of rotatable bonds is 6. The van der Waals surface area contributed by atoms with E-state index in [0.29, 0.717) is 17.1 Å². The van der Waals surface area contributed by atoms with Crippen molar-refractivity contribution in [2.24, 2.45) is 0 Å². The molecule has 0 fully saturated rings. The number of thiazole rings is 1. The van der Waals surface area contributed by atoms with Gasteiger partial charge >= 0.3 is 0 Å². The summed E-state index contributed by atoms with van der Waals surface area (Å²) < 4.78 is 24.2. The van der Waals surface area contributed by atoms with Crippen molar-refractivity contribution in [3.05, 3.63) is 42.1 Å². The fourth-order valence-corrected chi connectivity index (χ4v) is 4.28. The van der Waals surface area contributed by atoms with Crippen molar-refractivity contribution in [3.63, 3.8) is 0 Å². The maximum Gasteiger partial charge on any atom is 0.257 e. The van der Waals surface area contributed by atoms with Crippen LogP contribution in [0.4, 0.5) is 5.13 Å². The molecule has 0 radical (unpaired) electrons. The first-order valence-electron chi connectivity index (χ1n) is 6.58. The van der Waals surface area contributed by atoms with E-state index in [1.54, 1.807) is 24.3 Å². The summed E-state index contributed by atoms with van der Waals surface area (Å²) in [6.45, 7) is 1.94. The van der Waals surface area contributed by atoms with Crippen LogP contribution in [0, 0.1) is 0 Å². The highest BCUT2D eigenvalue weighted by Gasteiger charge is 2.18. The Morgan fingerprint density at radius 1 is 1.29 bits per heavy atom. The third-order valence-corrected chi connectivity index (χ3v) is 6.08. The maximum absolute atomic E-state index is 12.0. The Hall–Kier alpha value is -1.73. The molecule has 112 valence electrons. The number of sulfone groups is 1. The SMILES string of the molecule is CCCCS(=O)(=O)c1cnc(NC(=O)c2ccccc2)s1. The number of benzene rings is 1. The van der Waals surface area contributed by atoms with Gasteiger partial charge in [-0.25, -0.2) is 13.4 Å². The number of anilines is 1. The van der Waals surface area contributed by atoms with Crippen molar-refractivity contribution in [1.29, 1.82) is 0 Å². The van der Waals surface area contributed by atoms with Crippen LogP contribution in [0.15, 0.2) is 40.7 Å².